The molecule has 0 spiro atoms. The lowest BCUT2D eigenvalue weighted by Gasteiger charge is -2.03. The van der Waals surface area contributed by atoms with Crippen molar-refractivity contribution >= 4 is 31.8 Å². The molecule has 0 saturated carbocycles. The molecule has 0 radical (unpaired) electrons. The fourth-order valence-corrected chi connectivity index (χ4v) is 2.73. The van der Waals surface area contributed by atoms with Gasteiger partial charge in [-0.2, -0.15) is 21.6 Å². The van der Waals surface area contributed by atoms with Gasteiger partial charge in [0, 0.05) is 6.20 Å². The van der Waals surface area contributed by atoms with E-state index in [1.165, 1.54) is 0 Å². The molecule has 0 aliphatic heterocycles. The number of hydrogen-bond acceptors (Lipinski definition) is 10. The summed E-state index contributed by atoms with van der Waals surface area (Å²) in [6, 6.07) is 0. The molecule has 0 aromatic carbocycles. The van der Waals surface area contributed by atoms with Gasteiger partial charge in [-0.3, -0.25) is 4.28 Å². The van der Waals surface area contributed by atoms with E-state index in [0.29, 0.717) is 4.73 Å². The van der Waals surface area contributed by atoms with Crippen LogP contribution in [0.15, 0.2) is 18.7 Å². The average Bonchev–Trinajstić information content (AvgIpc) is 2.49. The molecular weight excluding hydrogens is 304 g/mol. The van der Waals surface area contributed by atoms with E-state index in [9.17, 15) is 25.3 Å². The van der Waals surface area contributed by atoms with Gasteiger partial charge >= 0.3 is 20.8 Å². The molecule has 11 nitrogen and oxygen atoms in total. The van der Waals surface area contributed by atoms with Crippen LogP contribution in [-0.4, -0.2) is 35.0 Å². The van der Waals surface area contributed by atoms with E-state index < -0.39 is 31.8 Å². The molecule has 0 N–H and O–H groups in total. The number of thiol groups is 1. The fourth-order valence-electron chi connectivity index (χ4n) is 0.598. The molecule has 1 aromatic rings. The van der Waals surface area contributed by atoms with Gasteiger partial charge in [0.15, 0.2) is 0 Å². The Morgan fingerprint density at radius 2 is 1.76 bits per heavy atom. The Morgan fingerprint density at radius 1 is 1.12 bits per heavy atom. The van der Waals surface area contributed by atoms with Crippen molar-refractivity contribution in [1.29, 1.82) is 0 Å². The molecule has 0 amide bonds. The Kier molecular flexibility index (Phi) is 4.04. The highest BCUT2D eigenvalue weighted by atomic mass is 32.3. The minimum atomic E-state index is -5.28. The SMILES string of the molecule is O=[SH](=O)OS(=O)(=O)OS(=O)(=O)On1ccnc1. The Labute approximate surface area is 97.3 Å². The van der Waals surface area contributed by atoms with Gasteiger partial charge in [0.05, 0.1) is 6.20 Å². The minimum absolute atomic E-state index is 0.502. The molecule has 0 atom stereocenters. The van der Waals surface area contributed by atoms with Crippen molar-refractivity contribution in [3.05, 3.63) is 18.7 Å². The molecule has 0 aliphatic rings. The van der Waals surface area contributed by atoms with Gasteiger partial charge in [0.25, 0.3) is 11.0 Å². The van der Waals surface area contributed by atoms with Gasteiger partial charge in [-0.25, -0.2) is 13.4 Å². The Hall–Kier alpha value is -1.22. The van der Waals surface area contributed by atoms with Crippen LogP contribution in [0.2, 0.25) is 0 Å². The third kappa shape index (κ3) is 5.09. The second-order valence-corrected chi connectivity index (χ2v) is 5.55. The summed E-state index contributed by atoms with van der Waals surface area (Å²) in [5, 5.41) is 0. The van der Waals surface area contributed by atoms with Gasteiger partial charge < -0.3 is 0 Å². The van der Waals surface area contributed by atoms with E-state index >= 15 is 0 Å². The van der Waals surface area contributed by atoms with E-state index in [1.54, 1.807) is 0 Å². The number of imidazole rings is 1. The number of rotatable bonds is 6. The van der Waals surface area contributed by atoms with Crippen LogP contribution in [0.25, 0.3) is 0 Å². The first kappa shape index (κ1) is 13.8. The second kappa shape index (κ2) is 4.96. The quantitative estimate of drug-likeness (QED) is 0.553. The number of aromatic nitrogens is 2. The molecule has 1 heterocycles. The van der Waals surface area contributed by atoms with Crippen LogP contribution in [0.4, 0.5) is 0 Å². The number of nitrogens with zero attached hydrogens (tertiary/aromatic N) is 2. The standard InChI is InChI=1S/C3H4N2O9S3/c6-15(7)13-17(10,11)14-16(8,9)12-5-2-1-4-3-5/h1-3,15H. The molecule has 1 aromatic heterocycles. The van der Waals surface area contributed by atoms with Crippen molar-refractivity contribution in [2.24, 2.45) is 0 Å². The first-order chi connectivity index (χ1) is 7.70. The Morgan fingerprint density at radius 3 is 2.24 bits per heavy atom. The minimum Gasteiger partial charge on any atom is -0.264 e. The van der Waals surface area contributed by atoms with E-state index in [0.717, 1.165) is 18.7 Å². The summed E-state index contributed by atoms with van der Waals surface area (Å²) in [5.74, 6) is 0. The zero-order valence-electron chi connectivity index (χ0n) is 7.56. The molecule has 0 unspecified atom stereocenters. The van der Waals surface area contributed by atoms with Crippen LogP contribution in [0, 0.1) is 0 Å². The molecule has 1 rings (SSSR count). The summed E-state index contributed by atoms with van der Waals surface area (Å²) in [4.78, 5) is 3.39. The van der Waals surface area contributed by atoms with Crippen molar-refractivity contribution in [2.45, 2.75) is 0 Å². The molecule has 98 valence electrons. The maximum atomic E-state index is 10.9. The molecule has 0 aliphatic carbocycles. The highest BCUT2D eigenvalue weighted by Crippen LogP contribution is 2.03. The highest BCUT2D eigenvalue weighted by Gasteiger charge is 2.27. The van der Waals surface area contributed by atoms with Crippen LogP contribution in [0.5, 0.6) is 0 Å². The van der Waals surface area contributed by atoms with Crippen LogP contribution in [0.1, 0.15) is 0 Å². The zero-order chi connectivity index (χ0) is 13.1. The normalized spacial score (nSPS) is 12.8. The summed E-state index contributed by atoms with van der Waals surface area (Å²) < 4.78 is 74.2. The van der Waals surface area contributed by atoms with Crippen molar-refractivity contribution in [3.63, 3.8) is 0 Å². The summed E-state index contributed by atoms with van der Waals surface area (Å²) in [6.45, 7) is 0. The summed E-state index contributed by atoms with van der Waals surface area (Å²) in [7, 11) is -14.2. The molecule has 0 saturated heterocycles. The van der Waals surface area contributed by atoms with Crippen LogP contribution in [0.3, 0.4) is 0 Å². The third-order valence-electron chi connectivity index (χ3n) is 0.976. The van der Waals surface area contributed by atoms with Crippen molar-refractivity contribution in [1.82, 2.24) is 9.71 Å². The maximum absolute atomic E-state index is 10.9. The van der Waals surface area contributed by atoms with E-state index in [1.807, 2.05) is 0 Å². The number of hydrogen-bond donors (Lipinski definition) is 1. The lowest BCUT2D eigenvalue weighted by atomic mass is 11.0. The third-order valence-corrected chi connectivity index (χ3v) is 3.88. The lowest BCUT2D eigenvalue weighted by Crippen LogP contribution is -2.25. The van der Waals surface area contributed by atoms with Gasteiger partial charge in [-0.1, -0.05) is 3.63 Å². The first-order valence-corrected chi connectivity index (χ1v) is 7.19. The van der Waals surface area contributed by atoms with Gasteiger partial charge in [-0.05, 0) is 0 Å². The van der Waals surface area contributed by atoms with Crippen LogP contribution >= 0.6 is 0 Å². The average molecular weight is 308 g/mol. The largest absolute Gasteiger partial charge is 0.484 e. The predicted octanol–water partition coefficient (Wildman–Crippen LogP) is -2.64. The Balaban J connectivity index is 2.80. The van der Waals surface area contributed by atoms with Gasteiger partial charge in [-0.15, -0.1) is 3.63 Å². The lowest BCUT2D eigenvalue weighted by molar-refractivity contribution is 0.239. The van der Waals surface area contributed by atoms with Crippen LogP contribution < -0.4 is 4.28 Å². The predicted molar refractivity (Wildman–Crippen MR) is 49.1 cm³/mol. The van der Waals surface area contributed by atoms with Crippen molar-refractivity contribution < 1.29 is 36.8 Å². The molecule has 17 heavy (non-hydrogen) atoms. The molecule has 0 fully saturated rings. The van der Waals surface area contributed by atoms with E-state index in [-0.39, 0.29) is 0 Å². The summed E-state index contributed by atoms with van der Waals surface area (Å²) in [6.07, 6.45) is 3.03. The van der Waals surface area contributed by atoms with Crippen molar-refractivity contribution in [3.8, 4) is 0 Å². The molecule has 14 heteroatoms. The smallest absolute Gasteiger partial charge is 0.264 e. The highest BCUT2D eigenvalue weighted by molar-refractivity contribution is 7.98. The van der Waals surface area contributed by atoms with Gasteiger partial charge in [0.1, 0.15) is 6.33 Å². The Bertz CT molecular complexity index is 630. The fraction of sp³-hybridized carbons (Fsp3) is 0. The first-order valence-electron chi connectivity index (χ1n) is 3.43. The zero-order valence-corrected chi connectivity index (χ0v) is 10.1. The van der Waals surface area contributed by atoms with Crippen LogP contribution in [-0.2, 0) is 39.0 Å². The van der Waals surface area contributed by atoms with E-state index in [2.05, 4.69) is 16.5 Å². The summed E-state index contributed by atoms with van der Waals surface area (Å²) in [5.41, 5.74) is 0. The van der Waals surface area contributed by atoms with Gasteiger partial charge in [0.2, 0.25) is 0 Å². The van der Waals surface area contributed by atoms with E-state index in [4.69, 9.17) is 0 Å². The van der Waals surface area contributed by atoms with Crippen molar-refractivity contribution in [2.75, 3.05) is 0 Å². The molecular formula is C3H4N2O9S3. The second-order valence-electron chi connectivity index (χ2n) is 2.18. The topological polar surface area (TPSA) is 148 Å². The molecule has 0 bridgehead atoms. The monoisotopic (exact) mass is 308 g/mol. The maximum Gasteiger partial charge on any atom is 0.484 e. The summed E-state index contributed by atoms with van der Waals surface area (Å²) >= 11 is 0.